The highest BCUT2D eigenvalue weighted by atomic mass is 16.5. The van der Waals surface area contributed by atoms with Gasteiger partial charge in [-0.2, -0.15) is 0 Å². The highest BCUT2D eigenvalue weighted by Crippen LogP contribution is 2.27. The number of unbranched alkanes of at least 4 members (excludes halogenated alkanes) is 5. The van der Waals surface area contributed by atoms with Crippen molar-refractivity contribution >= 4 is 5.97 Å². The van der Waals surface area contributed by atoms with Crippen molar-refractivity contribution in [1.29, 1.82) is 0 Å². The minimum Gasteiger partial charge on any atom is -0.463 e. The van der Waals surface area contributed by atoms with Gasteiger partial charge in [0.25, 0.3) is 0 Å². The molecule has 0 spiro atoms. The Morgan fingerprint density at radius 1 is 0.957 bits per heavy atom. The Labute approximate surface area is 143 Å². The largest absolute Gasteiger partial charge is 0.463 e. The van der Waals surface area contributed by atoms with Crippen LogP contribution in [0.2, 0.25) is 0 Å². The number of esters is 1. The predicted molar refractivity (Wildman–Crippen MR) is 97.5 cm³/mol. The summed E-state index contributed by atoms with van der Waals surface area (Å²) < 4.78 is 4.94. The molecule has 1 aliphatic rings. The van der Waals surface area contributed by atoms with Crippen LogP contribution < -0.4 is 5.32 Å². The van der Waals surface area contributed by atoms with Crippen LogP contribution in [0, 0.1) is 5.92 Å². The van der Waals surface area contributed by atoms with Gasteiger partial charge in [-0.3, -0.25) is 0 Å². The zero-order valence-electron chi connectivity index (χ0n) is 15.0. The lowest BCUT2D eigenvalue weighted by atomic mass is 9.85. The molecule has 3 nitrogen and oxygen atoms in total. The van der Waals surface area contributed by atoms with E-state index in [-0.39, 0.29) is 5.97 Å². The molecule has 0 heterocycles. The van der Waals surface area contributed by atoms with Gasteiger partial charge >= 0.3 is 5.97 Å². The highest BCUT2D eigenvalue weighted by Gasteiger charge is 2.12. The summed E-state index contributed by atoms with van der Waals surface area (Å²) in [5.74, 6) is 0.734. The van der Waals surface area contributed by atoms with E-state index in [1.807, 2.05) is 0 Å². The molecule has 1 aliphatic carbocycles. The first-order valence-electron chi connectivity index (χ1n) is 9.83. The Kier molecular flexibility index (Phi) is 13.0. The molecule has 0 aromatic heterocycles. The Hall–Kier alpha value is -0.830. The smallest absolute Gasteiger partial charge is 0.330 e. The van der Waals surface area contributed by atoms with Gasteiger partial charge in [0.2, 0.25) is 0 Å². The molecule has 23 heavy (non-hydrogen) atoms. The van der Waals surface area contributed by atoms with Crippen LogP contribution in [0.5, 0.6) is 0 Å². The Morgan fingerprint density at radius 3 is 2.30 bits per heavy atom. The summed E-state index contributed by atoms with van der Waals surface area (Å²) in [4.78, 5) is 10.8. The molecule has 0 radical (unpaired) electrons. The maximum Gasteiger partial charge on any atom is 0.330 e. The summed E-state index contributed by atoms with van der Waals surface area (Å²) in [7, 11) is 0. The number of hydrogen-bond donors (Lipinski definition) is 1. The highest BCUT2D eigenvalue weighted by molar-refractivity contribution is 5.81. The van der Waals surface area contributed by atoms with E-state index in [2.05, 4.69) is 11.9 Å². The SMILES string of the molecule is C=CC(=O)OCCCCCCNCCCCCC1CCCCC1. The van der Waals surface area contributed by atoms with Gasteiger partial charge in [0.1, 0.15) is 0 Å². The number of ether oxygens (including phenoxy) is 1. The normalized spacial score (nSPS) is 15.5. The fraction of sp³-hybridized carbons (Fsp3) is 0.850. The third-order valence-electron chi connectivity index (χ3n) is 4.85. The molecule has 1 rings (SSSR count). The van der Waals surface area contributed by atoms with E-state index >= 15 is 0 Å². The van der Waals surface area contributed by atoms with Gasteiger partial charge in [0.05, 0.1) is 6.61 Å². The second kappa shape index (κ2) is 14.7. The Bertz CT molecular complexity index is 298. The molecule has 0 aromatic rings. The maximum absolute atomic E-state index is 10.8. The van der Waals surface area contributed by atoms with Crippen LogP contribution in [0.1, 0.15) is 83.5 Å². The third kappa shape index (κ3) is 12.3. The molecule has 134 valence electrons. The zero-order chi connectivity index (χ0) is 16.6. The van der Waals surface area contributed by atoms with Crippen LogP contribution in [-0.2, 0) is 9.53 Å². The molecule has 1 saturated carbocycles. The van der Waals surface area contributed by atoms with Gasteiger partial charge in [0.15, 0.2) is 0 Å². The van der Waals surface area contributed by atoms with E-state index in [0.717, 1.165) is 25.3 Å². The number of carbonyl (C=O) groups is 1. The van der Waals surface area contributed by atoms with E-state index in [4.69, 9.17) is 4.74 Å². The van der Waals surface area contributed by atoms with Crippen molar-refractivity contribution in [3.05, 3.63) is 12.7 Å². The minimum atomic E-state index is -0.310. The molecular weight excluding hydrogens is 286 g/mol. The molecule has 0 aromatic carbocycles. The van der Waals surface area contributed by atoms with Gasteiger partial charge in [0, 0.05) is 6.08 Å². The fourth-order valence-corrected chi connectivity index (χ4v) is 3.40. The molecule has 3 heteroatoms. The number of hydrogen-bond acceptors (Lipinski definition) is 3. The van der Waals surface area contributed by atoms with Crippen molar-refractivity contribution in [2.45, 2.75) is 83.5 Å². The monoisotopic (exact) mass is 323 g/mol. The molecule has 0 atom stereocenters. The second-order valence-corrected chi connectivity index (χ2v) is 6.89. The first kappa shape index (κ1) is 20.2. The van der Waals surface area contributed by atoms with E-state index < -0.39 is 0 Å². The fourth-order valence-electron chi connectivity index (χ4n) is 3.40. The first-order chi connectivity index (χ1) is 11.3. The topological polar surface area (TPSA) is 38.3 Å². The van der Waals surface area contributed by atoms with E-state index in [0.29, 0.717) is 6.61 Å². The van der Waals surface area contributed by atoms with E-state index in [1.54, 1.807) is 0 Å². The predicted octanol–water partition coefficient (Wildman–Crippen LogP) is 5.01. The summed E-state index contributed by atoms with van der Waals surface area (Å²) >= 11 is 0. The lowest BCUT2D eigenvalue weighted by molar-refractivity contribution is -0.137. The quantitative estimate of drug-likeness (QED) is 0.277. The number of nitrogens with one attached hydrogen (secondary N) is 1. The molecule has 1 N–H and O–H groups in total. The van der Waals surface area contributed by atoms with Crippen LogP contribution in [0.15, 0.2) is 12.7 Å². The van der Waals surface area contributed by atoms with Gasteiger partial charge in [-0.1, -0.05) is 70.8 Å². The minimum absolute atomic E-state index is 0.310. The van der Waals surface area contributed by atoms with Crippen molar-refractivity contribution in [3.8, 4) is 0 Å². The average Bonchev–Trinajstić information content (AvgIpc) is 2.59. The van der Waals surface area contributed by atoms with Crippen molar-refractivity contribution in [3.63, 3.8) is 0 Å². The van der Waals surface area contributed by atoms with Crippen LogP contribution in [0.4, 0.5) is 0 Å². The average molecular weight is 324 g/mol. The van der Waals surface area contributed by atoms with Crippen LogP contribution in [0.3, 0.4) is 0 Å². The Balaban J connectivity index is 1.71. The van der Waals surface area contributed by atoms with Crippen molar-refractivity contribution in [2.24, 2.45) is 5.92 Å². The standard InChI is InChI=1S/C20H37NO2/c1-2-20(22)23-18-12-4-3-10-16-21-17-11-6-9-15-19-13-7-5-8-14-19/h2,19,21H,1,3-18H2. The van der Waals surface area contributed by atoms with Gasteiger partial charge in [-0.05, 0) is 38.3 Å². The summed E-state index contributed by atoms with van der Waals surface area (Å²) in [6.07, 6.45) is 18.8. The van der Waals surface area contributed by atoms with Crippen LogP contribution in [0.25, 0.3) is 0 Å². The number of rotatable bonds is 14. The number of carbonyl (C=O) groups excluding carboxylic acids is 1. The third-order valence-corrected chi connectivity index (χ3v) is 4.85. The van der Waals surface area contributed by atoms with Crippen molar-refractivity contribution < 1.29 is 9.53 Å². The molecule has 0 saturated heterocycles. The van der Waals surface area contributed by atoms with Gasteiger partial charge < -0.3 is 10.1 Å². The van der Waals surface area contributed by atoms with Gasteiger partial charge in [-0.25, -0.2) is 4.79 Å². The summed E-state index contributed by atoms with van der Waals surface area (Å²) in [5.41, 5.74) is 0. The second-order valence-electron chi connectivity index (χ2n) is 6.89. The Morgan fingerprint density at radius 2 is 1.61 bits per heavy atom. The molecule has 0 amide bonds. The van der Waals surface area contributed by atoms with Crippen LogP contribution >= 0.6 is 0 Å². The van der Waals surface area contributed by atoms with Crippen molar-refractivity contribution in [1.82, 2.24) is 5.32 Å². The zero-order valence-corrected chi connectivity index (χ0v) is 15.0. The van der Waals surface area contributed by atoms with Crippen molar-refractivity contribution in [2.75, 3.05) is 19.7 Å². The van der Waals surface area contributed by atoms with Crippen LogP contribution in [-0.4, -0.2) is 25.7 Å². The molecule has 0 unspecified atom stereocenters. The lowest BCUT2D eigenvalue weighted by Gasteiger charge is -2.21. The van der Waals surface area contributed by atoms with E-state index in [1.165, 1.54) is 83.2 Å². The van der Waals surface area contributed by atoms with E-state index in [9.17, 15) is 4.79 Å². The summed E-state index contributed by atoms with van der Waals surface area (Å²) in [6.45, 7) is 6.19. The maximum atomic E-state index is 10.8. The lowest BCUT2D eigenvalue weighted by Crippen LogP contribution is -2.16. The molecule has 0 bridgehead atoms. The molecule has 1 fully saturated rings. The molecule has 0 aliphatic heterocycles. The first-order valence-corrected chi connectivity index (χ1v) is 9.83. The van der Waals surface area contributed by atoms with Gasteiger partial charge in [-0.15, -0.1) is 0 Å². The summed E-state index contributed by atoms with van der Waals surface area (Å²) in [5, 5.41) is 3.54. The summed E-state index contributed by atoms with van der Waals surface area (Å²) in [6, 6.07) is 0. The molecular formula is C20H37NO2.